The van der Waals surface area contributed by atoms with Gasteiger partial charge in [0.2, 0.25) is 0 Å². The van der Waals surface area contributed by atoms with Crippen molar-refractivity contribution < 1.29 is 19.0 Å². The van der Waals surface area contributed by atoms with Gasteiger partial charge >= 0.3 is 0 Å². The zero-order chi connectivity index (χ0) is 23.9. The summed E-state index contributed by atoms with van der Waals surface area (Å²) in [6.45, 7) is 10.2. The molecule has 0 atom stereocenters. The molecule has 2 aromatic carbocycles. The number of hydrogen-bond acceptors (Lipinski definition) is 5. The number of nitrogens with zero attached hydrogens (tertiary/aromatic N) is 1. The number of benzene rings is 2. The van der Waals surface area contributed by atoms with Crippen molar-refractivity contribution in [2.24, 2.45) is 5.16 Å². The van der Waals surface area contributed by atoms with Crippen molar-refractivity contribution >= 4 is 5.71 Å². The van der Waals surface area contributed by atoms with E-state index in [1.807, 2.05) is 55.5 Å². The second kappa shape index (κ2) is 15.0. The summed E-state index contributed by atoms with van der Waals surface area (Å²) in [6, 6.07) is 12.1. The second-order valence-electron chi connectivity index (χ2n) is 7.98. The van der Waals surface area contributed by atoms with Crippen molar-refractivity contribution in [1.82, 2.24) is 0 Å². The molecule has 2 aromatic rings. The molecule has 2 rings (SSSR count). The average molecular weight is 454 g/mol. The summed E-state index contributed by atoms with van der Waals surface area (Å²) in [5.41, 5.74) is 4.23. The third kappa shape index (κ3) is 9.21. The topological polar surface area (TPSA) is 49.3 Å². The van der Waals surface area contributed by atoms with Gasteiger partial charge in [0.05, 0.1) is 18.9 Å². The minimum Gasteiger partial charge on any atom is -0.494 e. The Bertz CT molecular complexity index is 864. The van der Waals surface area contributed by atoms with Crippen molar-refractivity contribution in [3.63, 3.8) is 0 Å². The Morgan fingerprint density at radius 3 is 2.06 bits per heavy atom. The van der Waals surface area contributed by atoms with Crippen LogP contribution in [0.1, 0.15) is 62.6 Å². The van der Waals surface area contributed by atoms with Gasteiger partial charge in [-0.3, -0.25) is 0 Å². The van der Waals surface area contributed by atoms with Crippen molar-refractivity contribution in [3.8, 4) is 17.2 Å². The van der Waals surface area contributed by atoms with Crippen LogP contribution in [0.5, 0.6) is 17.2 Å². The first-order valence-electron chi connectivity index (χ1n) is 11.9. The molecule has 0 fully saturated rings. The molecule has 0 aliphatic heterocycles. The highest BCUT2D eigenvalue weighted by molar-refractivity contribution is 6.00. The standard InChI is InChI=1S/C28H39NO4/c1-6-8-17-32-26-20-22(3)28(23(4)21-26)33-19-12-10-9-11-18-31-25-15-13-24(14-16-25)27(7-2)29-30-5/h6,8,13-16,20-21H,7,9-12,17-19H2,1-5H3/b8-6+,29-27?. The first-order chi connectivity index (χ1) is 16.1. The molecule has 0 amide bonds. The van der Waals surface area contributed by atoms with Gasteiger partial charge in [-0.1, -0.05) is 24.2 Å². The van der Waals surface area contributed by atoms with E-state index in [1.54, 1.807) is 7.11 Å². The molecule has 0 aliphatic rings. The molecule has 0 N–H and O–H groups in total. The fourth-order valence-corrected chi connectivity index (χ4v) is 3.56. The number of ether oxygens (including phenoxy) is 3. The summed E-state index contributed by atoms with van der Waals surface area (Å²) >= 11 is 0. The minimum absolute atomic E-state index is 0.591. The van der Waals surface area contributed by atoms with Crippen LogP contribution < -0.4 is 14.2 Å². The van der Waals surface area contributed by atoms with E-state index in [-0.39, 0.29) is 0 Å². The lowest BCUT2D eigenvalue weighted by Gasteiger charge is -2.14. The SMILES string of the molecule is C/C=C/COc1cc(C)c(OCCCCCCOc2ccc(C(CC)=NOC)cc2)c(C)c1. The number of aryl methyl sites for hydroxylation is 2. The van der Waals surface area contributed by atoms with Gasteiger partial charge in [-0.05, 0) is 106 Å². The van der Waals surface area contributed by atoms with E-state index in [2.05, 4.69) is 25.9 Å². The molecule has 5 nitrogen and oxygen atoms in total. The number of unbranched alkanes of at least 4 members (excludes halogenated alkanes) is 3. The van der Waals surface area contributed by atoms with Crippen molar-refractivity contribution in [2.75, 3.05) is 26.9 Å². The number of hydrogen-bond donors (Lipinski definition) is 0. The predicted octanol–water partition coefficient (Wildman–Crippen LogP) is 7.04. The van der Waals surface area contributed by atoms with Crippen LogP contribution in [0, 0.1) is 13.8 Å². The summed E-state index contributed by atoms with van der Waals surface area (Å²) < 4.78 is 17.7. The third-order valence-electron chi connectivity index (χ3n) is 5.29. The highest BCUT2D eigenvalue weighted by Gasteiger charge is 2.07. The van der Waals surface area contributed by atoms with Crippen molar-refractivity contribution in [1.29, 1.82) is 0 Å². The zero-order valence-corrected chi connectivity index (χ0v) is 20.9. The number of oxime groups is 1. The molecule has 0 unspecified atom stereocenters. The van der Waals surface area contributed by atoms with Crippen LogP contribution in [0.2, 0.25) is 0 Å². The fourth-order valence-electron chi connectivity index (χ4n) is 3.56. The molecule has 5 heteroatoms. The Balaban J connectivity index is 1.63. The highest BCUT2D eigenvalue weighted by atomic mass is 16.6. The van der Waals surface area contributed by atoms with Crippen molar-refractivity contribution in [2.45, 2.75) is 59.8 Å². The van der Waals surface area contributed by atoms with Crippen LogP contribution in [0.15, 0.2) is 53.7 Å². The maximum absolute atomic E-state index is 6.06. The predicted molar refractivity (Wildman–Crippen MR) is 136 cm³/mol. The Kier molecular flexibility index (Phi) is 11.9. The van der Waals surface area contributed by atoms with Gasteiger partial charge < -0.3 is 19.0 Å². The van der Waals surface area contributed by atoms with E-state index in [4.69, 9.17) is 19.0 Å². The minimum atomic E-state index is 0.591. The normalized spacial score (nSPS) is 11.6. The monoisotopic (exact) mass is 453 g/mol. The molecule has 0 saturated carbocycles. The molecular formula is C28H39NO4. The maximum Gasteiger partial charge on any atom is 0.125 e. The molecule has 0 aromatic heterocycles. The lowest BCUT2D eigenvalue weighted by Crippen LogP contribution is -2.03. The van der Waals surface area contributed by atoms with E-state index in [1.165, 1.54) is 0 Å². The molecule has 0 heterocycles. The van der Waals surface area contributed by atoms with Crippen molar-refractivity contribution in [3.05, 3.63) is 65.2 Å². The quantitative estimate of drug-likeness (QED) is 0.126. The van der Waals surface area contributed by atoms with Gasteiger partial charge in [-0.25, -0.2) is 0 Å². The third-order valence-corrected chi connectivity index (χ3v) is 5.29. The van der Waals surface area contributed by atoms with Crippen LogP contribution in [-0.4, -0.2) is 32.6 Å². The van der Waals surface area contributed by atoms with Crippen LogP contribution >= 0.6 is 0 Å². The first-order valence-corrected chi connectivity index (χ1v) is 11.9. The van der Waals surface area contributed by atoms with Gasteiger partial charge in [0.15, 0.2) is 0 Å². The molecule has 180 valence electrons. The second-order valence-corrected chi connectivity index (χ2v) is 7.98. The summed E-state index contributed by atoms with van der Waals surface area (Å²) in [5.74, 6) is 2.75. The van der Waals surface area contributed by atoms with Gasteiger partial charge in [-0.2, -0.15) is 0 Å². The molecule has 0 spiro atoms. The van der Waals surface area contributed by atoms with Gasteiger partial charge in [0, 0.05) is 0 Å². The average Bonchev–Trinajstić information content (AvgIpc) is 2.81. The molecule has 0 radical (unpaired) electrons. The number of allylic oxidation sites excluding steroid dienone is 1. The van der Waals surface area contributed by atoms with E-state index >= 15 is 0 Å². The van der Waals surface area contributed by atoms with E-state index in [0.29, 0.717) is 6.61 Å². The Hall–Kier alpha value is -2.95. The van der Waals surface area contributed by atoms with Crippen LogP contribution in [-0.2, 0) is 4.84 Å². The van der Waals surface area contributed by atoms with E-state index in [9.17, 15) is 0 Å². The van der Waals surface area contributed by atoms with E-state index in [0.717, 1.165) is 85.0 Å². The fraction of sp³-hybridized carbons (Fsp3) is 0.464. The molecule has 0 bridgehead atoms. The largest absolute Gasteiger partial charge is 0.494 e. The summed E-state index contributed by atoms with van der Waals surface area (Å²) in [6.07, 6.45) is 9.12. The smallest absolute Gasteiger partial charge is 0.125 e. The van der Waals surface area contributed by atoms with Gasteiger partial charge in [0.25, 0.3) is 0 Å². The Labute approximate surface area is 199 Å². The van der Waals surface area contributed by atoms with E-state index < -0.39 is 0 Å². The molecular weight excluding hydrogens is 414 g/mol. The lowest BCUT2D eigenvalue weighted by molar-refractivity contribution is 0.213. The summed E-state index contributed by atoms with van der Waals surface area (Å²) in [4.78, 5) is 4.90. The molecule has 0 aliphatic carbocycles. The molecule has 33 heavy (non-hydrogen) atoms. The molecule has 0 saturated heterocycles. The first kappa shape index (κ1) is 26.3. The summed E-state index contributed by atoms with van der Waals surface area (Å²) in [7, 11) is 1.57. The van der Waals surface area contributed by atoms with Crippen LogP contribution in [0.25, 0.3) is 0 Å². The van der Waals surface area contributed by atoms with Gasteiger partial charge in [0.1, 0.15) is 31.0 Å². The highest BCUT2D eigenvalue weighted by Crippen LogP contribution is 2.28. The van der Waals surface area contributed by atoms with Gasteiger partial charge in [-0.15, -0.1) is 0 Å². The number of rotatable bonds is 15. The maximum atomic E-state index is 6.06. The Morgan fingerprint density at radius 2 is 1.48 bits per heavy atom. The lowest BCUT2D eigenvalue weighted by atomic mass is 10.1. The Morgan fingerprint density at radius 1 is 0.848 bits per heavy atom. The zero-order valence-electron chi connectivity index (χ0n) is 20.9. The summed E-state index contributed by atoms with van der Waals surface area (Å²) in [5, 5.41) is 4.06. The van der Waals surface area contributed by atoms with Crippen LogP contribution in [0.4, 0.5) is 0 Å². The van der Waals surface area contributed by atoms with Crippen LogP contribution in [0.3, 0.4) is 0 Å².